The topological polar surface area (TPSA) is 446 Å². The highest BCUT2D eigenvalue weighted by Crippen LogP contribution is 2.20. The molecule has 1 fully saturated rings. The maximum Gasteiger partial charge on any atom is 0.246 e. The zero-order valence-corrected chi connectivity index (χ0v) is 42.9. The fraction of sp³-hybridized carbons (Fsp3) is 0.587. The first-order valence-electron chi connectivity index (χ1n) is 23.8. The highest BCUT2D eigenvalue weighted by atomic mass is 32.2. The average molecular weight is 1060 g/mol. The summed E-state index contributed by atoms with van der Waals surface area (Å²) in [5.41, 5.74) is 22.5. The second-order valence-corrected chi connectivity index (χ2v) is 19.3. The molecule has 0 aliphatic carbocycles. The number of likely N-dealkylation sites (tertiary alicyclic amines) is 1. The van der Waals surface area contributed by atoms with Gasteiger partial charge >= 0.3 is 0 Å². The predicted molar refractivity (Wildman–Crippen MR) is 266 cm³/mol. The molecule has 0 spiro atoms. The lowest BCUT2D eigenvalue weighted by Crippen LogP contribution is -2.59. The quantitative estimate of drug-likeness (QED) is 0.0330. The molecule has 0 bridgehead atoms. The third-order valence-corrected chi connectivity index (χ3v) is 12.1. The van der Waals surface area contributed by atoms with Gasteiger partial charge in [-0.2, -0.15) is 0 Å². The van der Waals surface area contributed by atoms with Gasteiger partial charge in [-0.05, 0) is 50.0 Å². The van der Waals surface area contributed by atoms with Crippen LogP contribution in [0.15, 0.2) is 30.3 Å². The van der Waals surface area contributed by atoms with Crippen LogP contribution in [-0.2, 0) is 68.7 Å². The molecule has 1 aliphatic heterocycles. The van der Waals surface area contributed by atoms with Crippen molar-refractivity contribution in [3.05, 3.63) is 35.9 Å². The lowest BCUT2D eigenvalue weighted by atomic mass is 10.0. The fourth-order valence-electron chi connectivity index (χ4n) is 7.29. The zero-order chi connectivity index (χ0) is 55.8. The van der Waals surface area contributed by atoms with E-state index in [0.717, 1.165) is 22.2 Å². The number of benzene rings is 1. The molecule has 1 heterocycles. The van der Waals surface area contributed by atoms with E-state index in [1.54, 1.807) is 58.0 Å². The summed E-state index contributed by atoms with van der Waals surface area (Å²) < 4.78 is 0. The summed E-state index contributed by atoms with van der Waals surface area (Å²) in [4.78, 5) is 167. The molecular weight excluding hydrogens is 991 g/mol. The number of rotatable bonds is 31. The van der Waals surface area contributed by atoms with Crippen molar-refractivity contribution in [2.45, 2.75) is 128 Å². The standard InChI is InChI=1S/C46H71N13O14S/c1-23(2)37(56-35(65)21-51-41(68)28(13-14-31(48)61)55-45(72)39(25(5)60)58-40(67)27(47)18-26-10-7-6-8-11-26)43(70)52-20-34(64)54-29(19-33(50)63)46(73)59-16-9-12-30(59)42(69)57-38(24(3)4)44(71)53-22-36(66)74-17-15-32(49)62/h6-8,10-11,23-25,27-30,37-39,60H,9,12-22,47H2,1-5H3,(H2,48,61)(H2,49,62)(H2,50,63)(H,51,68)(H,52,70)(H,53,71)(H,54,64)(H,55,72)(H,56,65)(H,57,69)(H,58,67)/t25-,27+,28+,29+,30+,37+,38+,39+/m1/s1. The van der Waals surface area contributed by atoms with Gasteiger partial charge in [0.05, 0.1) is 38.2 Å². The van der Waals surface area contributed by atoms with Gasteiger partial charge in [0.25, 0.3) is 0 Å². The van der Waals surface area contributed by atoms with Gasteiger partial charge in [-0.1, -0.05) is 69.8 Å². The van der Waals surface area contributed by atoms with E-state index in [2.05, 4.69) is 42.5 Å². The number of nitrogens with two attached hydrogens (primary N) is 4. The van der Waals surface area contributed by atoms with Crippen molar-refractivity contribution in [3.63, 3.8) is 0 Å². The van der Waals surface area contributed by atoms with Crippen LogP contribution in [0, 0.1) is 11.8 Å². The Morgan fingerprint density at radius 1 is 0.635 bits per heavy atom. The predicted octanol–water partition coefficient (Wildman–Crippen LogP) is -5.71. The van der Waals surface area contributed by atoms with Gasteiger partial charge in [-0.25, -0.2) is 0 Å². The number of nitrogens with zero attached hydrogens (tertiary/aromatic N) is 1. The van der Waals surface area contributed by atoms with Crippen molar-refractivity contribution in [1.82, 2.24) is 47.4 Å². The van der Waals surface area contributed by atoms with Crippen molar-refractivity contribution in [2.75, 3.05) is 31.9 Å². The molecule has 0 unspecified atom stereocenters. The molecule has 0 radical (unpaired) electrons. The van der Waals surface area contributed by atoms with Gasteiger partial charge in [0.1, 0.15) is 36.3 Å². The summed E-state index contributed by atoms with van der Waals surface area (Å²) in [6.45, 7) is 5.72. The lowest BCUT2D eigenvalue weighted by Gasteiger charge is -2.30. The molecule has 28 heteroatoms. The molecule has 8 atom stereocenters. The molecule has 0 saturated carbocycles. The van der Waals surface area contributed by atoms with Crippen molar-refractivity contribution in [3.8, 4) is 0 Å². The van der Waals surface area contributed by atoms with Crippen LogP contribution in [0.25, 0.3) is 0 Å². The van der Waals surface area contributed by atoms with Gasteiger partial charge in [0.15, 0.2) is 0 Å². The molecule has 410 valence electrons. The van der Waals surface area contributed by atoms with Crippen LogP contribution in [0.2, 0.25) is 0 Å². The lowest BCUT2D eigenvalue weighted by molar-refractivity contribution is -0.143. The highest BCUT2D eigenvalue weighted by Gasteiger charge is 2.40. The van der Waals surface area contributed by atoms with Gasteiger partial charge in [0, 0.05) is 25.1 Å². The van der Waals surface area contributed by atoms with Crippen LogP contribution >= 0.6 is 11.8 Å². The van der Waals surface area contributed by atoms with Crippen LogP contribution < -0.4 is 65.5 Å². The summed E-state index contributed by atoms with van der Waals surface area (Å²) in [5, 5.41) is 29.1. The Morgan fingerprint density at radius 2 is 1.19 bits per heavy atom. The maximum absolute atomic E-state index is 13.8. The second kappa shape index (κ2) is 31.4. The van der Waals surface area contributed by atoms with Crippen LogP contribution in [0.5, 0.6) is 0 Å². The molecule has 1 aromatic carbocycles. The SMILES string of the molecule is CC(C)[C@H](NC(=O)CNC(=O)[C@H](CCC(N)=O)NC(=O)[C@@H](NC(=O)[C@@H](N)Cc1ccccc1)[C@@H](C)O)C(=O)NCC(=O)N[C@@H](CC(N)=O)C(=O)N1CCC[C@H]1C(=O)N[C@H](C(=O)NCC(=O)SCCC(N)=O)C(C)C. The number of thioether (sulfide) groups is 1. The number of amides is 12. The Kier molecular flexibility index (Phi) is 26.7. The summed E-state index contributed by atoms with van der Waals surface area (Å²) in [5.74, 6) is -11.2. The maximum atomic E-state index is 13.8. The molecule has 1 aliphatic rings. The first kappa shape index (κ1) is 62.9. The number of hydrogen-bond acceptors (Lipinski definition) is 16. The molecule has 2 rings (SSSR count). The molecule has 17 N–H and O–H groups in total. The number of hydrogen-bond donors (Lipinski definition) is 13. The zero-order valence-electron chi connectivity index (χ0n) is 42.1. The summed E-state index contributed by atoms with van der Waals surface area (Å²) >= 11 is 0.803. The second-order valence-electron chi connectivity index (χ2n) is 18.2. The molecule has 0 aromatic heterocycles. The van der Waals surface area contributed by atoms with Gasteiger partial charge in [-0.3, -0.25) is 62.3 Å². The minimum Gasteiger partial charge on any atom is -0.391 e. The molecule has 74 heavy (non-hydrogen) atoms. The third-order valence-electron chi connectivity index (χ3n) is 11.3. The van der Waals surface area contributed by atoms with E-state index in [1.165, 1.54) is 6.92 Å². The number of carbonyl (C=O) groups is 13. The number of aliphatic hydroxyl groups excluding tert-OH is 1. The van der Waals surface area contributed by atoms with E-state index >= 15 is 0 Å². The Labute approximate surface area is 432 Å². The van der Waals surface area contributed by atoms with Crippen LogP contribution in [-0.4, -0.2) is 166 Å². The Hall–Kier alpha value is -7.20. The summed E-state index contributed by atoms with van der Waals surface area (Å²) in [7, 11) is 0. The normalized spacial score (nSPS) is 15.9. The number of aliphatic hydroxyl groups is 1. The molecule has 27 nitrogen and oxygen atoms in total. The number of carbonyl (C=O) groups excluding carboxylic acids is 13. The van der Waals surface area contributed by atoms with E-state index in [1.807, 2.05) is 0 Å². The monoisotopic (exact) mass is 1060 g/mol. The van der Waals surface area contributed by atoms with Crippen LogP contribution in [0.4, 0.5) is 0 Å². The minimum atomic E-state index is -1.60. The van der Waals surface area contributed by atoms with Crippen LogP contribution in [0.3, 0.4) is 0 Å². The van der Waals surface area contributed by atoms with E-state index in [4.69, 9.17) is 22.9 Å². The fourth-order valence-corrected chi connectivity index (χ4v) is 8.00. The van der Waals surface area contributed by atoms with Crippen molar-refractivity contribution in [1.29, 1.82) is 0 Å². The van der Waals surface area contributed by atoms with E-state index in [9.17, 15) is 67.4 Å². The molecular formula is C46H71N13O14S. The van der Waals surface area contributed by atoms with Crippen LogP contribution in [0.1, 0.15) is 78.7 Å². The minimum absolute atomic E-state index is 0.0296. The van der Waals surface area contributed by atoms with Gasteiger partial charge < -0.3 is 75.5 Å². The molecule has 1 saturated heterocycles. The third kappa shape index (κ3) is 22.3. The van der Waals surface area contributed by atoms with E-state index in [-0.39, 0.29) is 38.0 Å². The molecule has 12 amide bonds. The first-order chi connectivity index (χ1) is 34.7. The van der Waals surface area contributed by atoms with Crippen molar-refractivity contribution in [2.24, 2.45) is 34.8 Å². The number of primary amides is 3. The van der Waals surface area contributed by atoms with Gasteiger partial charge in [0.2, 0.25) is 76.0 Å². The smallest absolute Gasteiger partial charge is 0.246 e. The van der Waals surface area contributed by atoms with E-state index < -0.39 is 169 Å². The Bertz CT molecular complexity index is 2200. The summed E-state index contributed by atoms with van der Waals surface area (Å²) in [6.07, 6.45) is -2.37. The van der Waals surface area contributed by atoms with E-state index in [0.29, 0.717) is 6.42 Å². The summed E-state index contributed by atoms with van der Waals surface area (Å²) in [6, 6.07) is -0.612. The van der Waals surface area contributed by atoms with Gasteiger partial charge in [-0.15, -0.1) is 0 Å². The first-order valence-corrected chi connectivity index (χ1v) is 24.8. The van der Waals surface area contributed by atoms with Crippen molar-refractivity contribution >= 4 is 87.8 Å². The Balaban J connectivity index is 2.04. The highest BCUT2D eigenvalue weighted by molar-refractivity contribution is 8.13. The number of nitrogens with one attached hydrogen (secondary N) is 8. The van der Waals surface area contributed by atoms with Crippen molar-refractivity contribution < 1.29 is 67.4 Å². The largest absolute Gasteiger partial charge is 0.391 e. The Morgan fingerprint density at radius 3 is 1.74 bits per heavy atom. The molecule has 1 aromatic rings. The average Bonchev–Trinajstić information content (AvgIpc) is 3.82.